The molecule has 8 nitrogen and oxygen atoms in total. The SMILES string of the molecule is CC(=O)OC1N=C(c2ccccc2Cl)c2c(sc3c2CCN(C(=O)OC(C)(C)C)C3)N(CCc2ccccc2)C1=O. The van der Waals surface area contributed by atoms with Crippen LogP contribution in [-0.4, -0.2) is 53.5 Å². The fourth-order valence-electron chi connectivity index (χ4n) is 4.96. The fourth-order valence-corrected chi connectivity index (χ4v) is 6.58. The first-order chi connectivity index (χ1) is 19.5. The molecule has 3 heterocycles. The van der Waals surface area contributed by atoms with Gasteiger partial charge in [0.1, 0.15) is 10.6 Å². The van der Waals surface area contributed by atoms with E-state index in [-0.39, 0.29) is 6.09 Å². The Morgan fingerprint density at radius 2 is 1.80 bits per heavy atom. The van der Waals surface area contributed by atoms with Crippen LogP contribution in [0.5, 0.6) is 0 Å². The van der Waals surface area contributed by atoms with Gasteiger partial charge < -0.3 is 14.4 Å². The van der Waals surface area contributed by atoms with Crippen molar-refractivity contribution < 1.29 is 23.9 Å². The number of aliphatic imine (C=N–C) groups is 1. The van der Waals surface area contributed by atoms with Gasteiger partial charge >= 0.3 is 12.1 Å². The quantitative estimate of drug-likeness (QED) is 0.338. The van der Waals surface area contributed by atoms with Crippen molar-refractivity contribution in [2.45, 2.75) is 58.9 Å². The maximum atomic E-state index is 14.0. The molecule has 1 atom stereocenters. The van der Waals surface area contributed by atoms with Gasteiger partial charge in [-0.2, -0.15) is 0 Å². The molecule has 0 saturated carbocycles. The van der Waals surface area contributed by atoms with Crippen molar-refractivity contribution in [3.8, 4) is 0 Å². The number of nitrogens with zero attached hydrogens (tertiary/aromatic N) is 3. The van der Waals surface area contributed by atoms with Crippen molar-refractivity contribution in [2.24, 2.45) is 4.99 Å². The number of ether oxygens (including phenoxy) is 2. The molecule has 5 rings (SSSR count). The summed E-state index contributed by atoms with van der Waals surface area (Å²) in [4.78, 5) is 48.1. The summed E-state index contributed by atoms with van der Waals surface area (Å²) in [6.45, 7) is 7.95. The second-order valence-electron chi connectivity index (χ2n) is 11.0. The molecular weight excluding hydrogens is 562 g/mol. The number of thiophene rings is 1. The summed E-state index contributed by atoms with van der Waals surface area (Å²) in [6.07, 6.45) is -0.597. The summed E-state index contributed by atoms with van der Waals surface area (Å²) in [7, 11) is 0. The zero-order valence-electron chi connectivity index (χ0n) is 23.5. The number of carbonyl (C=O) groups excluding carboxylic acids is 3. The van der Waals surface area contributed by atoms with Crippen molar-refractivity contribution in [2.75, 3.05) is 18.0 Å². The fraction of sp³-hybridized carbons (Fsp3) is 0.355. The molecule has 0 N–H and O–H groups in total. The van der Waals surface area contributed by atoms with Gasteiger partial charge in [-0.25, -0.2) is 9.79 Å². The van der Waals surface area contributed by atoms with Gasteiger partial charge in [0.2, 0.25) is 0 Å². The molecule has 2 aliphatic heterocycles. The van der Waals surface area contributed by atoms with E-state index in [0.29, 0.717) is 53.8 Å². The van der Waals surface area contributed by atoms with Crippen molar-refractivity contribution in [3.05, 3.63) is 86.8 Å². The second kappa shape index (κ2) is 11.7. The van der Waals surface area contributed by atoms with E-state index in [1.807, 2.05) is 69.3 Å². The Balaban J connectivity index is 1.63. The first-order valence-electron chi connectivity index (χ1n) is 13.5. The lowest BCUT2D eigenvalue weighted by atomic mass is 9.95. The molecule has 2 amide bonds. The molecule has 0 saturated heterocycles. The standard InChI is InChI=1S/C31H32ClN3O5S/c1-19(36)39-27-28(37)35(17-14-20-10-6-5-7-11-20)29-25(26(33-27)21-12-8-9-13-23(21)32)22-15-16-34(18-24(22)41-29)30(38)40-31(2,3)4/h5-13,27H,14-18H2,1-4H3. The van der Waals surface area contributed by atoms with Crippen LogP contribution in [0, 0.1) is 0 Å². The Morgan fingerprint density at radius 1 is 1.10 bits per heavy atom. The molecule has 0 spiro atoms. The molecule has 0 radical (unpaired) electrons. The number of hydrogen-bond donors (Lipinski definition) is 0. The number of fused-ring (bicyclic) bond motifs is 3. The third-order valence-electron chi connectivity index (χ3n) is 6.77. The van der Waals surface area contributed by atoms with Crippen molar-refractivity contribution in [1.82, 2.24) is 4.90 Å². The Hall–Kier alpha value is -3.69. The lowest BCUT2D eigenvalue weighted by Crippen LogP contribution is -2.40. The molecule has 41 heavy (non-hydrogen) atoms. The lowest BCUT2D eigenvalue weighted by Gasteiger charge is -2.30. The summed E-state index contributed by atoms with van der Waals surface area (Å²) in [5.74, 6) is -1.03. The number of esters is 1. The first-order valence-corrected chi connectivity index (χ1v) is 14.7. The summed E-state index contributed by atoms with van der Waals surface area (Å²) in [5, 5.41) is 1.17. The molecule has 3 aromatic rings. The largest absolute Gasteiger partial charge is 0.444 e. The predicted molar refractivity (Wildman–Crippen MR) is 160 cm³/mol. The highest BCUT2D eigenvalue weighted by atomic mass is 35.5. The van der Waals surface area contributed by atoms with Gasteiger partial charge in [0.15, 0.2) is 0 Å². The molecule has 2 aromatic carbocycles. The smallest absolute Gasteiger partial charge is 0.410 e. The van der Waals surface area contributed by atoms with Crippen LogP contribution < -0.4 is 4.90 Å². The molecule has 2 aliphatic rings. The third kappa shape index (κ3) is 6.31. The van der Waals surface area contributed by atoms with Crippen molar-refractivity contribution >= 4 is 51.6 Å². The van der Waals surface area contributed by atoms with Gasteiger partial charge in [-0.05, 0) is 50.8 Å². The van der Waals surface area contributed by atoms with E-state index >= 15 is 0 Å². The molecule has 0 aliphatic carbocycles. The monoisotopic (exact) mass is 593 g/mol. The molecule has 0 fully saturated rings. The van der Waals surface area contributed by atoms with Crippen molar-refractivity contribution in [1.29, 1.82) is 0 Å². The highest BCUT2D eigenvalue weighted by Crippen LogP contribution is 2.43. The Morgan fingerprint density at radius 3 is 2.49 bits per heavy atom. The van der Waals surface area contributed by atoms with Crippen LogP contribution in [0.4, 0.5) is 9.80 Å². The Labute approximate surface area is 248 Å². The zero-order chi connectivity index (χ0) is 29.3. The molecule has 10 heteroatoms. The minimum absolute atomic E-state index is 0.353. The Bertz CT molecular complexity index is 1510. The number of amides is 2. The third-order valence-corrected chi connectivity index (χ3v) is 8.34. The van der Waals surface area contributed by atoms with E-state index in [1.165, 1.54) is 18.3 Å². The minimum atomic E-state index is -1.35. The van der Waals surface area contributed by atoms with Gasteiger partial charge in [0, 0.05) is 41.0 Å². The van der Waals surface area contributed by atoms with Crippen molar-refractivity contribution in [3.63, 3.8) is 0 Å². The normalized spacial score (nSPS) is 16.9. The number of rotatable bonds is 5. The van der Waals surface area contributed by atoms with E-state index in [2.05, 4.69) is 0 Å². The number of carbonyl (C=O) groups is 3. The summed E-state index contributed by atoms with van der Waals surface area (Å²) in [5.41, 5.74) is 3.39. The predicted octanol–water partition coefficient (Wildman–Crippen LogP) is 6.01. The van der Waals surface area contributed by atoms with Crippen LogP contribution >= 0.6 is 22.9 Å². The summed E-state index contributed by atoms with van der Waals surface area (Å²) >= 11 is 8.12. The number of hydrogen-bond acceptors (Lipinski definition) is 7. The molecule has 1 aromatic heterocycles. The van der Waals surface area contributed by atoms with Crippen LogP contribution in [0.1, 0.15) is 54.8 Å². The van der Waals surface area contributed by atoms with E-state index in [9.17, 15) is 14.4 Å². The number of anilines is 1. The van der Waals surface area contributed by atoms with Gasteiger partial charge in [-0.15, -0.1) is 11.3 Å². The van der Waals surface area contributed by atoms with Crippen LogP contribution in [0.25, 0.3) is 0 Å². The van der Waals surface area contributed by atoms with Gasteiger partial charge in [-0.3, -0.25) is 14.5 Å². The second-order valence-corrected chi connectivity index (χ2v) is 12.5. The van der Waals surface area contributed by atoms with E-state index < -0.39 is 23.7 Å². The topological polar surface area (TPSA) is 88.5 Å². The van der Waals surface area contributed by atoms with Crippen LogP contribution in [0.15, 0.2) is 59.6 Å². The van der Waals surface area contributed by atoms with Crippen LogP contribution in [-0.2, 0) is 38.4 Å². The van der Waals surface area contributed by atoms with Gasteiger partial charge in [-0.1, -0.05) is 60.1 Å². The van der Waals surface area contributed by atoms with Gasteiger partial charge in [0.25, 0.3) is 12.1 Å². The highest BCUT2D eigenvalue weighted by molar-refractivity contribution is 7.17. The summed E-state index contributed by atoms with van der Waals surface area (Å²) < 4.78 is 11.1. The molecule has 0 bridgehead atoms. The number of benzene rings is 2. The van der Waals surface area contributed by atoms with Crippen LogP contribution in [0.2, 0.25) is 5.02 Å². The summed E-state index contributed by atoms with van der Waals surface area (Å²) in [6, 6.07) is 17.2. The van der Waals surface area contributed by atoms with Crippen LogP contribution in [0.3, 0.4) is 0 Å². The van der Waals surface area contributed by atoms with E-state index in [0.717, 1.165) is 21.6 Å². The van der Waals surface area contributed by atoms with E-state index in [1.54, 1.807) is 15.9 Å². The maximum absolute atomic E-state index is 14.0. The average molecular weight is 594 g/mol. The molecule has 214 valence electrons. The number of halogens is 1. The maximum Gasteiger partial charge on any atom is 0.410 e. The first kappa shape index (κ1) is 28.8. The zero-order valence-corrected chi connectivity index (χ0v) is 25.1. The van der Waals surface area contributed by atoms with E-state index in [4.69, 9.17) is 26.1 Å². The molecule has 1 unspecified atom stereocenters. The highest BCUT2D eigenvalue weighted by Gasteiger charge is 2.39. The Kier molecular flexibility index (Phi) is 8.20. The lowest BCUT2D eigenvalue weighted by molar-refractivity contribution is -0.152. The molecular formula is C31H32ClN3O5S. The van der Waals surface area contributed by atoms with Gasteiger partial charge in [0.05, 0.1) is 12.3 Å². The minimum Gasteiger partial charge on any atom is -0.444 e. The average Bonchev–Trinajstić information content (AvgIpc) is 3.24.